The number of aromatic nitrogens is 4. The van der Waals surface area contributed by atoms with Crippen molar-refractivity contribution in [2.75, 3.05) is 6.61 Å². The first-order valence-corrected chi connectivity index (χ1v) is 8.49. The Morgan fingerprint density at radius 3 is 2.44 bits per heavy atom. The van der Waals surface area contributed by atoms with Crippen molar-refractivity contribution < 1.29 is 17.9 Å². The van der Waals surface area contributed by atoms with Gasteiger partial charge in [-0.2, -0.15) is 13.2 Å². The molecule has 0 saturated heterocycles. The Labute approximate surface area is 158 Å². The molecule has 0 aliphatic heterocycles. The van der Waals surface area contributed by atoms with Gasteiger partial charge in [-0.3, -0.25) is 0 Å². The molecule has 142 valence electrons. The number of imidazole rings is 1. The van der Waals surface area contributed by atoms with Crippen LogP contribution in [0.2, 0.25) is 5.28 Å². The lowest BCUT2D eigenvalue weighted by molar-refractivity contribution is -0.140. The predicted octanol–water partition coefficient (Wildman–Crippen LogP) is 4.54. The molecule has 0 bridgehead atoms. The highest BCUT2D eigenvalue weighted by Crippen LogP contribution is 2.31. The van der Waals surface area contributed by atoms with Gasteiger partial charge in [-0.05, 0) is 24.1 Å². The number of hydrogen-bond acceptors (Lipinski definition) is 4. The van der Waals surface area contributed by atoms with Gasteiger partial charge in [0.25, 0.3) is 0 Å². The monoisotopic (exact) mass is 396 g/mol. The van der Waals surface area contributed by atoms with Crippen LogP contribution in [0.1, 0.15) is 23.9 Å². The van der Waals surface area contributed by atoms with Gasteiger partial charge in [0.15, 0.2) is 11.4 Å². The zero-order valence-corrected chi connectivity index (χ0v) is 15.3. The maximum atomic E-state index is 12.8. The van der Waals surface area contributed by atoms with Crippen LogP contribution in [0.25, 0.3) is 11.4 Å². The Morgan fingerprint density at radius 2 is 1.85 bits per heavy atom. The minimum atomic E-state index is -4.47. The van der Waals surface area contributed by atoms with Crippen molar-refractivity contribution in [1.29, 1.82) is 0 Å². The van der Waals surface area contributed by atoms with E-state index in [2.05, 4.69) is 15.0 Å². The SMILES string of the molecule is CCOc1cnc(Cl)nc1Cc1ccc(-c2nc(C(F)(F)F)cn2C)cc1. The number of ether oxygens (including phenoxy) is 1. The summed E-state index contributed by atoms with van der Waals surface area (Å²) in [5.41, 5.74) is 1.21. The summed E-state index contributed by atoms with van der Waals surface area (Å²) in [5, 5.41) is 0.123. The third-order valence-electron chi connectivity index (χ3n) is 3.85. The van der Waals surface area contributed by atoms with E-state index in [1.54, 1.807) is 12.1 Å². The zero-order chi connectivity index (χ0) is 19.6. The number of hydrogen-bond donors (Lipinski definition) is 0. The highest BCUT2D eigenvalue weighted by molar-refractivity contribution is 6.28. The fraction of sp³-hybridized carbons (Fsp3) is 0.278. The average molecular weight is 397 g/mol. The molecule has 3 aromatic rings. The fourth-order valence-electron chi connectivity index (χ4n) is 2.62. The lowest BCUT2D eigenvalue weighted by Crippen LogP contribution is -2.04. The Kier molecular flexibility index (Phi) is 5.36. The molecule has 0 saturated carbocycles. The molecule has 0 atom stereocenters. The van der Waals surface area contributed by atoms with Gasteiger partial charge in [0, 0.05) is 25.2 Å². The summed E-state index contributed by atoms with van der Waals surface area (Å²) >= 11 is 5.86. The zero-order valence-electron chi connectivity index (χ0n) is 14.6. The van der Waals surface area contributed by atoms with E-state index < -0.39 is 11.9 Å². The first-order chi connectivity index (χ1) is 12.8. The van der Waals surface area contributed by atoms with Crippen LogP contribution in [0.3, 0.4) is 0 Å². The van der Waals surface area contributed by atoms with Crippen molar-refractivity contribution >= 4 is 11.6 Å². The topological polar surface area (TPSA) is 52.8 Å². The third kappa shape index (κ3) is 4.39. The summed E-state index contributed by atoms with van der Waals surface area (Å²) < 4.78 is 45.3. The summed E-state index contributed by atoms with van der Waals surface area (Å²) in [6.45, 7) is 2.33. The molecule has 0 fully saturated rings. The van der Waals surface area contributed by atoms with Crippen molar-refractivity contribution in [2.24, 2.45) is 7.05 Å². The lowest BCUT2D eigenvalue weighted by Gasteiger charge is -2.09. The minimum Gasteiger partial charge on any atom is -0.490 e. The van der Waals surface area contributed by atoms with Crippen LogP contribution < -0.4 is 4.74 Å². The maximum Gasteiger partial charge on any atom is 0.434 e. The summed E-state index contributed by atoms with van der Waals surface area (Å²) in [6.07, 6.45) is -1.53. The number of halogens is 4. The van der Waals surface area contributed by atoms with Gasteiger partial charge in [-0.15, -0.1) is 0 Å². The van der Waals surface area contributed by atoms with Gasteiger partial charge in [-0.25, -0.2) is 15.0 Å². The molecule has 0 N–H and O–H groups in total. The van der Waals surface area contributed by atoms with E-state index in [1.807, 2.05) is 19.1 Å². The quantitative estimate of drug-likeness (QED) is 0.594. The van der Waals surface area contributed by atoms with Crippen LogP contribution in [0.15, 0.2) is 36.7 Å². The molecule has 3 rings (SSSR count). The van der Waals surface area contributed by atoms with Crippen LogP contribution in [-0.4, -0.2) is 26.1 Å². The number of benzene rings is 1. The van der Waals surface area contributed by atoms with Gasteiger partial charge in [0.2, 0.25) is 5.28 Å². The molecule has 0 aliphatic rings. The summed E-state index contributed by atoms with van der Waals surface area (Å²) in [5.74, 6) is 0.791. The number of nitrogens with zero attached hydrogens (tertiary/aromatic N) is 4. The van der Waals surface area contributed by atoms with E-state index >= 15 is 0 Å². The Hall–Kier alpha value is -2.61. The standard InChI is InChI=1S/C18H16ClF3N4O/c1-3-27-14-9-23-17(19)24-13(14)8-11-4-6-12(7-5-11)16-25-15(10-26(16)2)18(20,21)22/h4-7,9-10H,3,8H2,1-2H3. The molecule has 2 aromatic heterocycles. The van der Waals surface area contributed by atoms with Crippen LogP contribution in [-0.2, 0) is 19.6 Å². The Balaban J connectivity index is 1.85. The van der Waals surface area contributed by atoms with E-state index in [1.165, 1.54) is 17.8 Å². The lowest BCUT2D eigenvalue weighted by atomic mass is 10.1. The van der Waals surface area contributed by atoms with Crippen LogP contribution in [0.5, 0.6) is 5.75 Å². The van der Waals surface area contributed by atoms with E-state index in [9.17, 15) is 13.2 Å². The highest BCUT2D eigenvalue weighted by atomic mass is 35.5. The third-order valence-corrected chi connectivity index (χ3v) is 4.03. The first-order valence-electron chi connectivity index (χ1n) is 8.12. The average Bonchev–Trinajstić information content (AvgIpc) is 3.00. The number of aryl methyl sites for hydroxylation is 1. The van der Waals surface area contributed by atoms with E-state index in [-0.39, 0.29) is 11.1 Å². The molecule has 0 radical (unpaired) electrons. The Bertz CT molecular complexity index is 939. The molecular weight excluding hydrogens is 381 g/mol. The van der Waals surface area contributed by atoms with Crippen molar-refractivity contribution in [3.8, 4) is 17.1 Å². The van der Waals surface area contributed by atoms with Crippen molar-refractivity contribution in [3.63, 3.8) is 0 Å². The fourth-order valence-corrected chi connectivity index (χ4v) is 2.77. The van der Waals surface area contributed by atoms with Gasteiger partial charge >= 0.3 is 6.18 Å². The smallest absolute Gasteiger partial charge is 0.434 e. The second-order valence-electron chi connectivity index (χ2n) is 5.82. The molecule has 1 aromatic carbocycles. The van der Waals surface area contributed by atoms with Crippen LogP contribution >= 0.6 is 11.6 Å². The molecule has 27 heavy (non-hydrogen) atoms. The normalized spacial score (nSPS) is 11.6. The molecule has 0 unspecified atom stereocenters. The molecule has 0 spiro atoms. The van der Waals surface area contributed by atoms with Gasteiger partial charge in [0.05, 0.1) is 18.5 Å². The Morgan fingerprint density at radius 1 is 1.15 bits per heavy atom. The molecule has 5 nitrogen and oxygen atoms in total. The molecule has 2 heterocycles. The highest BCUT2D eigenvalue weighted by Gasteiger charge is 2.34. The summed E-state index contributed by atoms with van der Waals surface area (Å²) in [6, 6.07) is 7.06. The summed E-state index contributed by atoms with van der Waals surface area (Å²) in [4.78, 5) is 11.8. The van der Waals surface area contributed by atoms with E-state index in [4.69, 9.17) is 16.3 Å². The minimum absolute atomic E-state index is 0.123. The molecule has 0 amide bonds. The van der Waals surface area contributed by atoms with Crippen molar-refractivity contribution in [2.45, 2.75) is 19.5 Å². The second-order valence-corrected chi connectivity index (χ2v) is 6.15. The largest absolute Gasteiger partial charge is 0.490 e. The van der Waals surface area contributed by atoms with Gasteiger partial charge < -0.3 is 9.30 Å². The molecule has 9 heteroatoms. The van der Waals surface area contributed by atoms with Crippen molar-refractivity contribution in [3.05, 3.63) is 58.9 Å². The van der Waals surface area contributed by atoms with Gasteiger partial charge in [0.1, 0.15) is 5.82 Å². The van der Waals surface area contributed by atoms with E-state index in [0.29, 0.717) is 30.0 Å². The predicted molar refractivity (Wildman–Crippen MR) is 94.7 cm³/mol. The molecule has 0 aliphatic carbocycles. The van der Waals surface area contributed by atoms with E-state index in [0.717, 1.165) is 11.8 Å². The van der Waals surface area contributed by atoms with Crippen LogP contribution in [0.4, 0.5) is 13.2 Å². The molecular formula is C18H16ClF3N4O. The van der Waals surface area contributed by atoms with Crippen molar-refractivity contribution in [1.82, 2.24) is 19.5 Å². The number of rotatable bonds is 5. The maximum absolute atomic E-state index is 12.8. The summed E-state index contributed by atoms with van der Waals surface area (Å²) in [7, 11) is 1.53. The number of alkyl halides is 3. The second kappa shape index (κ2) is 7.56. The first kappa shape index (κ1) is 19.2. The van der Waals surface area contributed by atoms with Gasteiger partial charge in [-0.1, -0.05) is 24.3 Å². The van der Waals surface area contributed by atoms with Crippen LogP contribution in [0, 0.1) is 0 Å².